The van der Waals surface area contributed by atoms with E-state index in [1.807, 2.05) is 43.7 Å². The number of ketones is 1. The molecule has 0 aliphatic heterocycles. The Labute approximate surface area is 216 Å². The van der Waals surface area contributed by atoms with Gasteiger partial charge < -0.3 is 18.9 Å². The van der Waals surface area contributed by atoms with Gasteiger partial charge in [0.2, 0.25) is 0 Å². The lowest BCUT2D eigenvalue weighted by Gasteiger charge is -2.39. The zero-order valence-electron chi connectivity index (χ0n) is 21.5. The summed E-state index contributed by atoms with van der Waals surface area (Å²) < 4.78 is 13.1. The van der Waals surface area contributed by atoms with Gasteiger partial charge in [-0.15, -0.1) is 0 Å². The zero-order chi connectivity index (χ0) is 26.2. The van der Waals surface area contributed by atoms with Crippen molar-refractivity contribution in [3.05, 3.63) is 46.8 Å². The van der Waals surface area contributed by atoms with Crippen LogP contribution in [0.5, 0.6) is 0 Å². The Balaban J connectivity index is 2.18. The molecule has 0 fully saturated rings. The molecule has 2 aromatic rings. The van der Waals surface area contributed by atoms with E-state index in [0.29, 0.717) is 48.7 Å². The maximum Gasteiger partial charge on any atom is 0.408 e. The van der Waals surface area contributed by atoms with Crippen LogP contribution in [-0.4, -0.2) is 56.8 Å². The summed E-state index contributed by atoms with van der Waals surface area (Å²) in [6, 6.07) is 2.04. The second-order valence-corrected chi connectivity index (χ2v) is 17.1. The van der Waals surface area contributed by atoms with Gasteiger partial charge in [-0.2, -0.15) is 0 Å². The van der Waals surface area contributed by atoms with E-state index in [2.05, 4.69) is 45.7 Å². The first-order valence-corrected chi connectivity index (χ1v) is 16.2. The molecular formula is C24H37BrN4O5Si. The molecule has 11 heteroatoms. The topological polar surface area (TPSA) is 111 Å². The van der Waals surface area contributed by atoms with Gasteiger partial charge in [0, 0.05) is 38.9 Å². The van der Waals surface area contributed by atoms with Gasteiger partial charge in [-0.05, 0) is 55.6 Å². The van der Waals surface area contributed by atoms with Crippen LogP contribution in [0.3, 0.4) is 0 Å². The molecule has 0 radical (unpaired) electrons. The van der Waals surface area contributed by atoms with E-state index in [0.717, 1.165) is 6.04 Å². The van der Waals surface area contributed by atoms with E-state index in [-0.39, 0.29) is 5.78 Å². The Morgan fingerprint density at radius 2 is 2.03 bits per heavy atom. The summed E-state index contributed by atoms with van der Waals surface area (Å²) >= 11 is 3.44. The summed E-state index contributed by atoms with van der Waals surface area (Å²) in [4.78, 5) is 30.5. The number of nitrogens with zero attached hydrogens (tertiary/aromatic N) is 4. The lowest BCUT2D eigenvalue weighted by atomic mass is 10.0. The van der Waals surface area contributed by atoms with Gasteiger partial charge in [-0.1, -0.05) is 36.9 Å². The van der Waals surface area contributed by atoms with Crippen molar-refractivity contribution in [3.63, 3.8) is 0 Å². The van der Waals surface area contributed by atoms with E-state index >= 15 is 0 Å². The highest BCUT2D eigenvalue weighted by molar-refractivity contribution is 9.10. The molecule has 1 atom stereocenters. The molecule has 194 valence electrons. The van der Waals surface area contributed by atoms with Crippen LogP contribution < -0.4 is 0 Å². The van der Waals surface area contributed by atoms with E-state index < -0.39 is 25.7 Å². The maximum absolute atomic E-state index is 12.3. The Morgan fingerprint density at radius 3 is 2.60 bits per heavy atom. The maximum atomic E-state index is 12.3. The minimum absolute atomic E-state index is 0.100. The van der Waals surface area contributed by atoms with E-state index in [1.54, 1.807) is 6.07 Å². The van der Waals surface area contributed by atoms with E-state index in [4.69, 9.17) is 9.26 Å². The molecule has 9 nitrogen and oxygen atoms in total. The van der Waals surface area contributed by atoms with Crippen molar-refractivity contribution >= 4 is 35.9 Å². The molecule has 2 heterocycles. The second-order valence-electron chi connectivity index (χ2n) is 10.6. The summed E-state index contributed by atoms with van der Waals surface area (Å²) in [5, 5.41) is 13.8. The molecule has 0 aliphatic rings. The average molecular weight is 570 g/mol. The zero-order valence-corrected chi connectivity index (χ0v) is 24.0. The first kappa shape index (κ1) is 29.0. The van der Waals surface area contributed by atoms with Crippen LogP contribution >= 0.6 is 15.9 Å². The van der Waals surface area contributed by atoms with Crippen LogP contribution in [0.25, 0.3) is 0 Å². The summed E-state index contributed by atoms with van der Waals surface area (Å²) in [6.45, 7) is 13.4. The van der Waals surface area contributed by atoms with Gasteiger partial charge in [-0.3, -0.25) is 9.69 Å². The average Bonchev–Trinajstić information content (AvgIpc) is 3.37. The molecule has 0 aliphatic carbocycles. The number of halogens is 1. The number of carboxylic acid groups (broad SMARTS) is 1. The first-order valence-electron chi connectivity index (χ1n) is 11.7. The minimum Gasteiger partial charge on any atom is -0.465 e. The number of allylic oxidation sites excluding steroid dienone is 1. The first-order chi connectivity index (χ1) is 16.3. The van der Waals surface area contributed by atoms with Crippen LogP contribution in [-0.2, 0) is 11.5 Å². The van der Waals surface area contributed by atoms with Gasteiger partial charge >= 0.3 is 6.09 Å². The van der Waals surface area contributed by atoms with Gasteiger partial charge in [0.05, 0.1) is 6.04 Å². The Kier molecular flexibility index (Phi) is 10.5. The molecule has 1 amide bonds. The number of carbonyl (C=O) groups is 2. The molecule has 1 N–H and O–H groups in total. The summed E-state index contributed by atoms with van der Waals surface area (Å²) in [5.41, 5.74) is -0.350. The Bertz CT molecular complexity index is 993. The van der Waals surface area contributed by atoms with Crippen molar-refractivity contribution in [2.24, 2.45) is 0 Å². The number of rotatable bonds is 13. The number of ether oxygens (including phenoxy) is 1. The third kappa shape index (κ3) is 9.38. The summed E-state index contributed by atoms with van der Waals surface area (Å²) in [7, 11) is -1.22. The molecule has 0 bridgehead atoms. The molecule has 0 spiro atoms. The van der Waals surface area contributed by atoms with Crippen LogP contribution in [0, 0.1) is 0 Å². The highest BCUT2D eigenvalue weighted by Gasteiger charge is 2.36. The van der Waals surface area contributed by atoms with Crippen LogP contribution in [0.2, 0.25) is 25.7 Å². The number of hydrogen-bond donors (Lipinski definition) is 1. The lowest BCUT2D eigenvalue weighted by Crippen LogP contribution is -2.47. The second kappa shape index (κ2) is 12.6. The number of carbonyl (C=O) groups excluding carboxylic acids is 1. The number of amides is 1. The molecule has 0 saturated carbocycles. The number of imidazole rings is 1. The van der Waals surface area contributed by atoms with Crippen molar-refractivity contribution in [1.82, 2.24) is 19.6 Å². The summed E-state index contributed by atoms with van der Waals surface area (Å²) in [6.07, 6.45) is 7.17. The lowest BCUT2D eigenvalue weighted by molar-refractivity contribution is 0.0550. The summed E-state index contributed by atoms with van der Waals surface area (Å²) in [5.74, 6) is 0.502. The molecule has 2 aromatic heterocycles. The Hall–Kier alpha value is -2.24. The van der Waals surface area contributed by atoms with Crippen LogP contribution in [0.4, 0.5) is 4.79 Å². The highest BCUT2D eigenvalue weighted by Crippen LogP contribution is 2.32. The van der Waals surface area contributed by atoms with Crippen molar-refractivity contribution in [2.45, 2.75) is 84.0 Å². The minimum atomic E-state index is -1.22. The number of hydrogen-bond acceptors (Lipinski definition) is 6. The monoisotopic (exact) mass is 568 g/mol. The molecule has 1 unspecified atom stereocenters. The standard InChI is InChI=1S/C24H37BrN4O5Si/c1-24(2,3)29(23(31)32)19(10-8-7-9-11-20(30)18-12-13-34-27-18)22-26-21(25)16-28(22)17-33-14-15-35(4,5)6/h7-8,12-13,16,19H,9-11,14-15,17H2,1-6H3,(H,31,32). The van der Waals surface area contributed by atoms with Crippen molar-refractivity contribution < 1.29 is 24.0 Å². The highest BCUT2D eigenvalue weighted by atomic mass is 79.9. The van der Waals surface area contributed by atoms with Crippen LogP contribution in [0.15, 0.2) is 39.8 Å². The fourth-order valence-electron chi connectivity index (χ4n) is 3.56. The fraction of sp³-hybridized carbons (Fsp3) is 0.583. The van der Waals surface area contributed by atoms with Crippen LogP contribution in [0.1, 0.15) is 62.4 Å². The number of aromatic nitrogens is 3. The smallest absolute Gasteiger partial charge is 0.408 e. The molecule has 0 aromatic carbocycles. The largest absolute Gasteiger partial charge is 0.465 e. The molecule has 0 saturated heterocycles. The van der Waals surface area contributed by atoms with E-state index in [9.17, 15) is 14.7 Å². The van der Waals surface area contributed by atoms with Gasteiger partial charge in [-0.25, -0.2) is 9.78 Å². The van der Waals surface area contributed by atoms with Gasteiger partial charge in [0.1, 0.15) is 29.1 Å². The fourth-order valence-corrected chi connectivity index (χ4v) is 4.75. The van der Waals surface area contributed by atoms with Crippen molar-refractivity contribution in [3.8, 4) is 0 Å². The third-order valence-electron chi connectivity index (χ3n) is 5.33. The third-order valence-corrected chi connectivity index (χ3v) is 7.42. The predicted octanol–water partition coefficient (Wildman–Crippen LogP) is 6.37. The Morgan fingerprint density at radius 1 is 1.31 bits per heavy atom. The predicted molar refractivity (Wildman–Crippen MR) is 140 cm³/mol. The molecule has 2 rings (SSSR count). The molecule has 35 heavy (non-hydrogen) atoms. The van der Waals surface area contributed by atoms with Crippen molar-refractivity contribution in [2.75, 3.05) is 6.61 Å². The SMILES string of the molecule is CC(C)(C)N(C(=O)O)C(CC=CCCC(=O)c1ccon1)c1nc(Br)cn1COCC[Si](C)(C)C. The normalized spacial score (nSPS) is 13.3. The van der Waals surface area contributed by atoms with Gasteiger partial charge in [0.15, 0.2) is 5.78 Å². The van der Waals surface area contributed by atoms with Gasteiger partial charge in [0.25, 0.3) is 0 Å². The van der Waals surface area contributed by atoms with E-state index in [1.165, 1.54) is 11.2 Å². The number of Topliss-reactive ketones (excluding diaryl/α,β-unsaturated/α-hetero) is 1. The quantitative estimate of drug-likeness (QED) is 0.129. The van der Waals surface area contributed by atoms with Crippen molar-refractivity contribution in [1.29, 1.82) is 0 Å². The molecular weight excluding hydrogens is 532 g/mol.